The van der Waals surface area contributed by atoms with Crippen molar-refractivity contribution < 1.29 is 18.3 Å². The molecule has 2 aromatic heterocycles. The average molecular weight is 313 g/mol. The van der Waals surface area contributed by atoms with Gasteiger partial charge in [0, 0.05) is 12.2 Å². The minimum Gasteiger partial charge on any atom is -0.477 e. The molecule has 2 heterocycles. The van der Waals surface area contributed by atoms with Gasteiger partial charge in [-0.25, -0.2) is 17.9 Å². The van der Waals surface area contributed by atoms with Crippen LogP contribution in [-0.4, -0.2) is 39.2 Å². The summed E-state index contributed by atoms with van der Waals surface area (Å²) < 4.78 is 28.0. The third-order valence-corrected chi connectivity index (χ3v) is 4.03. The van der Waals surface area contributed by atoms with E-state index in [-0.39, 0.29) is 22.6 Å². The fourth-order valence-corrected chi connectivity index (χ4v) is 2.74. The number of carbonyl (C=O) groups is 1. The molecule has 9 nitrogen and oxygen atoms in total. The number of carboxylic acids is 1. The highest BCUT2D eigenvalue weighted by molar-refractivity contribution is 7.92. The van der Waals surface area contributed by atoms with E-state index in [0.29, 0.717) is 5.82 Å². The van der Waals surface area contributed by atoms with Crippen LogP contribution < -0.4 is 4.72 Å². The molecule has 3 N–H and O–H groups in total. The predicted molar refractivity (Wildman–Crippen MR) is 73.7 cm³/mol. The van der Waals surface area contributed by atoms with Crippen LogP contribution in [0.2, 0.25) is 0 Å². The van der Waals surface area contributed by atoms with E-state index in [1.807, 2.05) is 0 Å². The van der Waals surface area contributed by atoms with Crippen molar-refractivity contribution in [2.24, 2.45) is 0 Å². The molecule has 0 atom stereocenters. The molecule has 0 aliphatic rings. The Balaban J connectivity index is 2.40. The van der Waals surface area contributed by atoms with E-state index in [1.165, 1.54) is 10.8 Å². The zero-order valence-corrected chi connectivity index (χ0v) is 12.5. The molecular weight excluding hydrogens is 298 g/mol. The second-order valence-electron chi connectivity index (χ2n) is 4.72. The summed E-state index contributed by atoms with van der Waals surface area (Å²) in [7, 11) is -3.95. The molecule has 2 aromatic rings. The molecule has 0 aliphatic heterocycles. The molecule has 0 unspecified atom stereocenters. The molecule has 0 radical (unpaired) electrons. The van der Waals surface area contributed by atoms with Crippen molar-refractivity contribution in [1.29, 1.82) is 0 Å². The predicted octanol–water partition coefficient (Wildman–Crippen LogP) is 0.995. The molecular formula is C11H15N5O4S. The van der Waals surface area contributed by atoms with Gasteiger partial charge in [0.2, 0.25) is 0 Å². The van der Waals surface area contributed by atoms with Crippen LogP contribution in [-0.2, 0) is 10.0 Å². The number of carboxylic acid groups (broad SMARTS) is 1. The molecule has 0 amide bonds. The lowest BCUT2D eigenvalue weighted by molar-refractivity contribution is 0.0683. The highest BCUT2D eigenvalue weighted by atomic mass is 32.2. The summed E-state index contributed by atoms with van der Waals surface area (Å²) in [6.07, 6.45) is 1.27. The molecule has 2 rings (SSSR count). The fraction of sp³-hybridized carbons (Fsp3) is 0.364. The van der Waals surface area contributed by atoms with Crippen LogP contribution in [0.4, 0.5) is 5.95 Å². The quantitative estimate of drug-likeness (QED) is 0.754. The number of H-pyrrole nitrogens is 1. The smallest absolute Gasteiger partial charge is 0.352 e. The Morgan fingerprint density at radius 3 is 2.57 bits per heavy atom. The highest BCUT2D eigenvalue weighted by Crippen LogP contribution is 2.20. The Hall–Kier alpha value is -2.36. The number of rotatable bonds is 5. The minimum absolute atomic E-state index is 0.0957. The van der Waals surface area contributed by atoms with Gasteiger partial charge in [0.25, 0.3) is 16.0 Å². The largest absolute Gasteiger partial charge is 0.477 e. The second-order valence-corrected chi connectivity index (χ2v) is 6.40. The van der Waals surface area contributed by atoms with Gasteiger partial charge in [0.15, 0.2) is 0 Å². The number of hydrogen-bond acceptors (Lipinski definition) is 5. The number of aromatic amines is 1. The summed E-state index contributed by atoms with van der Waals surface area (Å²) >= 11 is 0. The summed E-state index contributed by atoms with van der Waals surface area (Å²) in [5.74, 6) is -0.834. The zero-order valence-electron chi connectivity index (χ0n) is 11.7. The number of sulfonamides is 1. The molecule has 0 aromatic carbocycles. The molecule has 21 heavy (non-hydrogen) atoms. The van der Waals surface area contributed by atoms with Gasteiger partial charge in [-0.2, -0.15) is 4.98 Å². The number of aromatic nitrogens is 4. The lowest BCUT2D eigenvalue weighted by atomic mass is 10.3. The molecule has 0 aliphatic carbocycles. The molecule has 0 saturated heterocycles. The number of anilines is 1. The molecule has 114 valence electrons. The van der Waals surface area contributed by atoms with E-state index in [4.69, 9.17) is 5.11 Å². The van der Waals surface area contributed by atoms with Gasteiger partial charge in [-0.1, -0.05) is 0 Å². The molecule has 10 heteroatoms. The van der Waals surface area contributed by atoms with Crippen molar-refractivity contribution in [3.05, 3.63) is 23.8 Å². The van der Waals surface area contributed by atoms with E-state index in [0.717, 1.165) is 6.07 Å². The second kappa shape index (κ2) is 5.20. The summed E-state index contributed by atoms with van der Waals surface area (Å²) in [5, 5.41) is 15.3. The first-order valence-electron chi connectivity index (χ1n) is 6.07. The van der Waals surface area contributed by atoms with Crippen molar-refractivity contribution in [2.75, 3.05) is 4.72 Å². The third-order valence-electron chi connectivity index (χ3n) is 2.73. The Bertz CT molecular complexity index is 774. The number of nitrogens with zero attached hydrogens (tertiary/aromatic N) is 3. The van der Waals surface area contributed by atoms with Gasteiger partial charge in [0.05, 0.1) is 0 Å². The van der Waals surface area contributed by atoms with Crippen molar-refractivity contribution >= 4 is 21.9 Å². The summed E-state index contributed by atoms with van der Waals surface area (Å²) in [6.45, 7) is 5.15. The minimum atomic E-state index is -3.95. The van der Waals surface area contributed by atoms with Crippen molar-refractivity contribution in [2.45, 2.75) is 31.7 Å². The van der Waals surface area contributed by atoms with Gasteiger partial charge in [-0.05, 0) is 26.8 Å². The average Bonchev–Trinajstić information content (AvgIpc) is 2.95. The van der Waals surface area contributed by atoms with Crippen molar-refractivity contribution in [3.8, 4) is 0 Å². The van der Waals surface area contributed by atoms with Gasteiger partial charge >= 0.3 is 5.97 Å². The number of aromatic carboxylic acids is 1. The maximum absolute atomic E-state index is 12.2. The fourth-order valence-electron chi connectivity index (χ4n) is 1.77. The van der Waals surface area contributed by atoms with Crippen molar-refractivity contribution in [3.63, 3.8) is 0 Å². The summed E-state index contributed by atoms with van der Waals surface area (Å²) in [4.78, 5) is 14.8. The topological polar surface area (TPSA) is 130 Å². The first kappa shape index (κ1) is 15.0. The summed E-state index contributed by atoms with van der Waals surface area (Å²) in [6, 6.07) is 0.912. The van der Waals surface area contributed by atoms with Gasteiger partial charge in [-0.3, -0.25) is 5.10 Å². The molecule has 0 fully saturated rings. The number of aryl methyl sites for hydroxylation is 1. The molecule has 0 saturated carbocycles. The Kier molecular flexibility index (Phi) is 3.73. The lowest BCUT2D eigenvalue weighted by Crippen LogP contribution is -2.13. The van der Waals surface area contributed by atoms with Gasteiger partial charge in [0.1, 0.15) is 16.4 Å². The van der Waals surface area contributed by atoms with E-state index < -0.39 is 16.0 Å². The van der Waals surface area contributed by atoms with Crippen LogP contribution in [0.25, 0.3) is 0 Å². The molecule has 0 bridgehead atoms. The monoisotopic (exact) mass is 313 g/mol. The zero-order chi connectivity index (χ0) is 15.8. The van der Waals surface area contributed by atoms with Crippen LogP contribution >= 0.6 is 0 Å². The third kappa shape index (κ3) is 3.05. The standard InChI is InChI=1S/C11H15N5O4S/c1-6(2)16-5-8(4-9(16)10(17)18)21(19,20)15-11-12-7(3)13-14-11/h4-6H,1-3H3,(H,17,18)(H2,12,13,14,15). The first-order valence-corrected chi connectivity index (χ1v) is 7.56. The van der Waals surface area contributed by atoms with Gasteiger partial charge in [-0.15, -0.1) is 5.10 Å². The van der Waals surface area contributed by atoms with Crippen LogP contribution in [0.3, 0.4) is 0 Å². The number of hydrogen-bond donors (Lipinski definition) is 3. The Labute approximate surface area is 121 Å². The molecule has 0 spiro atoms. The summed E-state index contributed by atoms with van der Waals surface area (Å²) in [5.41, 5.74) is -0.100. The normalized spacial score (nSPS) is 11.8. The number of nitrogens with one attached hydrogen (secondary N) is 2. The van der Waals surface area contributed by atoms with E-state index in [2.05, 4.69) is 19.9 Å². The van der Waals surface area contributed by atoms with Crippen LogP contribution in [0.1, 0.15) is 36.2 Å². The first-order chi connectivity index (χ1) is 9.70. The van der Waals surface area contributed by atoms with Crippen LogP contribution in [0.5, 0.6) is 0 Å². The van der Waals surface area contributed by atoms with E-state index in [1.54, 1.807) is 20.8 Å². The van der Waals surface area contributed by atoms with Crippen LogP contribution in [0.15, 0.2) is 17.2 Å². The lowest BCUT2D eigenvalue weighted by Gasteiger charge is -2.09. The Morgan fingerprint density at radius 1 is 1.48 bits per heavy atom. The maximum Gasteiger partial charge on any atom is 0.352 e. The maximum atomic E-state index is 12.2. The van der Waals surface area contributed by atoms with Crippen LogP contribution in [0, 0.1) is 6.92 Å². The van der Waals surface area contributed by atoms with E-state index in [9.17, 15) is 13.2 Å². The Morgan fingerprint density at radius 2 is 2.14 bits per heavy atom. The SMILES string of the molecule is Cc1nc(NS(=O)(=O)c2cc(C(=O)O)n(C(C)C)c2)n[nH]1. The van der Waals surface area contributed by atoms with E-state index >= 15 is 0 Å². The van der Waals surface area contributed by atoms with Gasteiger partial charge < -0.3 is 9.67 Å². The highest BCUT2D eigenvalue weighted by Gasteiger charge is 2.23. The van der Waals surface area contributed by atoms with Crippen molar-refractivity contribution in [1.82, 2.24) is 19.7 Å².